The molecule has 0 bridgehead atoms. The highest BCUT2D eigenvalue weighted by Crippen LogP contribution is 2.20. The maximum absolute atomic E-state index is 5.40. The van der Waals surface area contributed by atoms with E-state index in [1.807, 2.05) is 36.4 Å². The zero-order valence-electron chi connectivity index (χ0n) is 12.9. The van der Waals surface area contributed by atoms with Crippen molar-refractivity contribution in [3.8, 4) is 11.3 Å². The Balaban J connectivity index is 1.56. The average Bonchev–Trinajstić information content (AvgIpc) is 3.24. The molecule has 0 spiro atoms. The summed E-state index contributed by atoms with van der Waals surface area (Å²) < 4.78 is 5.40. The van der Waals surface area contributed by atoms with Gasteiger partial charge in [-0.1, -0.05) is 48.3 Å². The molecule has 22 heavy (non-hydrogen) atoms. The molecule has 1 fully saturated rings. The van der Waals surface area contributed by atoms with Gasteiger partial charge >= 0.3 is 0 Å². The molecular weight excluding hydrogens is 276 g/mol. The zero-order valence-corrected chi connectivity index (χ0v) is 12.9. The van der Waals surface area contributed by atoms with E-state index in [1.165, 1.54) is 25.7 Å². The van der Waals surface area contributed by atoms with Crippen LogP contribution in [-0.4, -0.2) is 24.2 Å². The lowest BCUT2D eigenvalue weighted by molar-refractivity contribution is 0.422. The standard InChI is InChI=1S/C17H22N4O/c1-18-17(20-14-9-5-6-10-14)19-12-15-11-16(22-21-15)13-7-3-2-4-8-13/h2-4,7-8,11,14H,5-6,9-10,12H2,1H3,(H2,18,19,20). The largest absolute Gasteiger partial charge is 0.356 e. The first-order valence-electron chi connectivity index (χ1n) is 7.83. The van der Waals surface area contributed by atoms with Crippen molar-refractivity contribution in [3.63, 3.8) is 0 Å². The Bertz CT molecular complexity index is 615. The van der Waals surface area contributed by atoms with Crippen molar-refractivity contribution >= 4 is 5.96 Å². The minimum atomic E-state index is 0.545. The molecular formula is C17H22N4O. The summed E-state index contributed by atoms with van der Waals surface area (Å²) >= 11 is 0. The molecule has 5 heteroatoms. The number of hydrogen-bond donors (Lipinski definition) is 2. The Morgan fingerprint density at radius 3 is 2.77 bits per heavy atom. The second-order valence-electron chi connectivity index (χ2n) is 5.60. The van der Waals surface area contributed by atoms with Gasteiger partial charge in [-0.15, -0.1) is 0 Å². The van der Waals surface area contributed by atoms with E-state index in [4.69, 9.17) is 4.52 Å². The van der Waals surface area contributed by atoms with E-state index in [1.54, 1.807) is 7.05 Å². The van der Waals surface area contributed by atoms with Crippen molar-refractivity contribution in [1.82, 2.24) is 15.8 Å². The first-order chi connectivity index (χ1) is 10.8. The summed E-state index contributed by atoms with van der Waals surface area (Å²) in [5.41, 5.74) is 1.91. The molecule has 0 unspecified atom stereocenters. The second-order valence-corrected chi connectivity index (χ2v) is 5.60. The Morgan fingerprint density at radius 2 is 2.05 bits per heavy atom. The Hall–Kier alpha value is -2.30. The van der Waals surface area contributed by atoms with Crippen LogP contribution in [0.15, 0.2) is 45.9 Å². The highest BCUT2D eigenvalue weighted by molar-refractivity contribution is 5.79. The van der Waals surface area contributed by atoms with Crippen LogP contribution in [0.5, 0.6) is 0 Å². The number of nitrogens with one attached hydrogen (secondary N) is 2. The Kier molecular flexibility index (Phi) is 4.73. The third kappa shape index (κ3) is 3.67. The molecule has 1 aliphatic rings. The van der Waals surface area contributed by atoms with Crippen LogP contribution in [0.25, 0.3) is 11.3 Å². The highest BCUT2D eigenvalue weighted by Gasteiger charge is 2.16. The number of hydrogen-bond acceptors (Lipinski definition) is 3. The van der Waals surface area contributed by atoms with Crippen LogP contribution < -0.4 is 10.6 Å². The predicted octanol–water partition coefficient (Wildman–Crippen LogP) is 2.95. The van der Waals surface area contributed by atoms with Crippen molar-refractivity contribution in [1.29, 1.82) is 0 Å². The predicted molar refractivity (Wildman–Crippen MR) is 87.5 cm³/mol. The maximum Gasteiger partial charge on any atom is 0.191 e. The van der Waals surface area contributed by atoms with Crippen molar-refractivity contribution < 1.29 is 4.52 Å². The van der Waals surface area contributed by atoms with Gasteiger partial charge in [0.1, 0.15) is 5.69 Å². The minimum Gasteiger partial charge on any atom is -0.356 e. The minimum absolute atomic E-state index is 0.545. The molecule has 1 aliphatic carbocycles. The van der Waals surface area contributed by atoms with Gasteiger partial charge in [0, 0.05) is 24.7 Å². The van der Waals surface area contributed by atoms with Crippen LogP contribution >= 0.6 is 0 Å². The molecule has 1 aromatic heterocycles. The number of aliphatic imine (C=N–C) groups is 1. The van der Waals surface area contributed by atoms with Crippen molar-refractivity contribution in [2.75, 3.05) is 7.05 Å². The van der Waals surface area contributed by atoms with Gasteiger partial charge < -0.3 is 15.2 Å². The number of benzene rings is 1. The van der Waals surface area contributed by atoms with E-state index in [9.17, 15) is 0 Å². The number of rotatable bonds is 4. The van der Waals surface area contributed by atoms with Crippen molar-refractivity contribution in [2.24, 2.45) is 4.99 Å². The van der Waals surface area contributed by atoms with Gasteiger partial charge in [-0.05, 0) is 12.8 Å². The SMILES string of the molecule is CN=C(NCc1cc(-c2ccccc2)on1)NC1CCCC1. The van der Waals surface area contributed by atoms with E-state index in [-0.39, 0.29) is 0 Å². The summed E-state index contributed by atoms with van der Waals surface area (Å²) in [6.07, 6.45) is 5.06. The molecule has 2 aromatic rings. The van der Waals surface area contributed by atoms with E-state index >= 15 is 0 Å². The fourth-order valence-electron chi connectivity index (χ4n) is 2.77. The van der Waals surface area contributed by atoms with Crippen molar-refractivity contribution in [3.05, 3.63) is 42.1 Å². The molecule has 2 N–H and O–H groups in total. The van der Waals surface area contributed by atoms with Crippen LogP contribution in [0.3, 0.4) is 0 Å². The average molecular weight is 298 g/mol. The number of guanidine groups is 1. The van der Waals surface area contributed by atoms with E-state index in [2.05, 4.69) is 20.8 Å². The number of nitrogens with zero attached hydrogens (tertiary/aromatic N) is 2. The van der Waals surface area contributed by atoms with Gasteiger partial charge in [-0.25, -0.2) is 0 Å². The molecule has 3 rings (SSSR count). The molecule has 0 atom stereocenters. The zero-order chi connectivity index (χ0) is 15.2. The van der Waals surface area contributed by atoms with Gasteiger partial charge in [0.25, 0.3) is 0 Å². The van der Waals surface area contributed by atoms with E-state index in [0.29, 0.717) is 12.6 Å². The van der Waals surface area contributed by atoms with Crippen LogP contribution in [0, 0.1) is 0 Å². The first kappa shape index (κ1) is 14.6. The molecule has 0 saturated heterocycles. The van der Waals surface area contributed by atoms with Gasteiger partial charge in [0.2, 0.25) is 0 Å². The molecule has 0 amide bonds. The van der Waals surface area contributed by atoms with Crippen LogP contribution in [-0.2, 0) is 6.54 Å². The lowest BCUT2D eigenvalue weighted by atomic mass is 10.2. The third-order valence-electron chi connectivity index (χ3n) is 3.97. The normalized spacial score (nSPS) is 16.0. The lowest BCUT2D eigenvalue weighted by Crippen LogP contribution is -2.41. The fraction of sp³-hybridized carbons (Fsp3) is 0.412. The lowest BCUT2D eigenvalue weighted by Gasteiger charge is -2.16. The monoisotopic (exact) mass is 298 g/mol. The summed E-state index contributed by atoms with van der Waals surface area (Å²) in [6, 6.07) is 12.5. The first-order valence-corrected chi connectivity index (χ1v) is 7.83. The van der Waals surface area contributed by atoms with Gasteiger partial charge in [-0.3, -0.25) is 4.99 Å². The summed E-state index contributed by atoms with van der Waals surface area (Å²) in [7, 11) is 1.79. The molecule has 1 heterocycles. The topological polar surface area (TPSA) is 62.5 Å². The van der Waals surface area contributed by atoms with Crippen LogP contribution in [0.1, 0.15) is 31.4 Å². The summed E-state index contributed by atoms with van der Waals surface area (Å²) in [5, 5.41) is 10.9. The summed E-state index contributed by atoms with van der Waals surface area (Å²) in [4.78, 5) is 4.27. The van der Waals surface area contributed by atoms with E-state index < -0.39 is 0 Å². The Morgan fingerprint density at radius 1 is 1.27 bits per heavy atom. The van der Waals surface area contributed by atoms with Crippen molar-refractivity contribution in [2.45, 2.75) is 38.3 Å². The highest BCUT2D eigenvalue weighted by atomic mass is 16.5. The smallest absolute Gasteiger partial charge is 0.191 e. The molecule has 0 aliphatic heterocycles. The molecule has 1 saturated carbocycles. The number of aromatic nitrogens is 1. The van der Waals surface area contributed by atoms with Crippen LogP contribution in [0.4, 0.5) is 0 Å². The van der Waals surface area contributed by atoms with Gasteiger partial charge in [-0.2, -0.15) is 0 Å². The quantitative estimate of drug-likeness (QED) is 0.673. The summed E-state index contributed by atoms with van der Waals surface area (Å²) in [5.74, 6) is 1.62. The molecule has 1 aromatic carbocycles. The molecule has 116 valence electrons. The van der Waals surface area contributed by atoms with Crippen LogP contribution in [0.2, 0.25) is 0 Å². The second kappa shape index (κ2) is 7.11. The van der Waals surface area contributed by atoms with Gasteiger partial charge in [0.05, 0.1) is 6.54 Å². The maximum atomic E-state index is 5.40. The molecule has 5 nitrogen and oxygen atoms in total. The van der Waals surface area contributed by atoms with E-state index in [0.717, 1.165) is 23.0 Å². The van der Waals surface area contributed by atoms with Gasteiger partial charge in [0.15, 0.2) is 11.7 Å². The third-order valence-corrected chi connectivity index (χ3v) is 3.97. The fourth-order valence-corrected chi connectivity index (χ4v) is 2.77. The Labute approximate surface area is 130 Å². The summed E-state index contributed by atoms with van der Waals surface area (Å²) in [6.45, 7) is 0.600. The molecule has 0 radical (unpaired) electrons.